The average molecular weight is 141 g/mol. The number of hydrogen-bond acceptors (Lipinski definition) is 5. The second-order valence-electron chi connectivity index (χ2n) is 1.10. The van der Waals surface area contributed by atoms with E-state index in [9.17, 15) is 8.42 Å². The number of hydrogen-bond donors (Lipinski definition) is 4. The SMILES string of the molecule is NNC(N)S(=O)(=O)O. The third-order valence-corrected chi connectivity index (χ3v) is 1.26. The summed E-state index contributed by atoms with van der Waals surface area (Å²) in [4.78, 5) is 0. The van der Waals surface area contributed by atoms with Gasteiger partial charge in [0.05, 0.1) is 0 Å². The van der Waals surface area contributed by atoms with Gasteiger partial charge >= 0.3 is 0 Å². The lowest BCUT2D eigenvalue weighted by Crippen LogP contribution is -2.47. The van der Waals surface area contributed by atoms with Crippen LogP contribution in [0.4, 0.5) is 0 Å². The maximum Gasteiger partial charge on any atom is 0.296 e. The van der Waals surface area contributed by atoms with Crippen LogP contribution >= 0.6 is 0 Å². The molecule has 0 rings (SSSR count). The molecule has 0 aromatic heterocycles. The van der Waals surface area contributed by atoms with E-state index in [1.807, 2.05) is 0 Å². The van der Waals surface area contributed by atoms with E-state index in [0.29, 0.717) is 0 Å². The van der Waals surface area contributed by atoms with Crippen LogP contribution in [0.3, 0.4) is 0 Å². The van der Waals surface area contributed by atoms with E-state index >= 15 is 0 Å². The largest absolute Gasteiger partial charge is 0.300 e. The van der Waals surface area contributed by atoms with Crippen molar-refractivity contribution in [2.24, 2.45) is 11.6 Å². The van der Waals surface area contributed by atoms with E-state index < -0.39 is 15.6 Å². The molecule has 50 valence electrons. The van der Waals surface area contributed by atoms with Crippen molar-refractivity contribution in [1.29, 1.82) is 0 Å². The Morgan fingerprint density at radius 2 is 2.00 bits per heavy atom. The Labute approximate surface area is 46.6 Å². The van der Waals surface area contributed by atoms with Crippen molar-refractivity contribution in [2.45, 2.75) is 5.50 Å². The monoisotopic (exact) mass is 141 g/mol. The van der Waals surface area contributed by atoms with Crippen LogP contribution in [0.2, 0.25) is 0 Å². The minimum Gasteiger partial charge on any atom is -0.300 e. The minimum atomic E-state index is -4.21. The molecule has 0 aromatic rings. The summed E-state index contributed by atoms with van der Waals surface area (Å²) >= 11 is 0. The van der Waals surface area contributed by atoms with E-state index in [-0.39, 0.29) is 0 Å². The maximum absolute atomic E-state index is 9.85. The first-order chi connectivity index (χ1) is 3.48. The second-order valence-corrected chi connectivity index (χ2v) is 2.64. The van der Waals surface area contributed by atoms with Gasteiger partial charge in [0.15, 0.2) is 5.50 Å². The number of rotatable bonds is 2. The van der Waals surface area contributed by atoms with Crippen LogP contribution in [0.5, 0.6) is 0 Å². The molecule has 0 aromatic carbocycles. The average Bonchev–Trinajstić information content (AvgIpc) is 1.62. The lowest BCUT2D eigenvalue weighted by Gasteiger charge is -2.03. The molecule has 0 spiro atoms. The van der Waals surface area contributed by atoms with Crippen molar-refractivity contribution < 1.29 is 13.0 Å². The standard InChI is InChI=1S/CH7N3O3S/c2-1(4-3)8(5,6)7/h1,4H,2-3H2,(H,5,6,7). The van der Waals surface area contributed by atoms with Crippen molar-refractivity contribution >= 4 is 10.1 Å². The number of nitrogens with one attached hydrogen (secondary N) is 1. The molecule has 0 saturated heterocycles. The van der Waals surface area contributed by atoms with Crippen LogP contribution in [0.25, 0.3) is 0 Å². The third-order valence-electron chi connectivity index (χ3n) is 0.485. The Balaban J connectivity index is 4.04. The Hall–Kier alpha value is -0.210. The Bertz CT molecular complexity index is 150. The molecule has 8 heavy (non-hydrogen) atoms. The topological polar surface area (TPSA) is 118 Å². The van der Waals surface area contributed by atoms with E-state index in [4.69, 9.17) is 4.55 Å². The van der Waals surface area contributed by atoms with Gasteiger partial charge in [-0.2, -0.15) is 8.42 Å². The highest BCUT2D eigenvalue weighted by Crippen LogP contribution is 1.80. The highest BCUT2D eigenvalue weighted by Gasteiger charge is 2.13. The van der Waals surface area contributed by atoms with Crippen molar-refractivity contribution in [1.82, 2.24) is 5.43 Å². The van der Waals surface area contributed by atoms with Crippen LogP contribution in [0.15, 0.2) is 0 Å². The van der Waals surface area contributed by atoms with Crippen LogP contribution in [-0.2, 0) is 10.1 Å². The van der Waals surface area contributed by atoms with Crippen molar-refractivity contribution in [3.63, 3.8) is 0 Å². The van der Waals surface area contributed by atoms with Gasteiger partial charge in [0.1, 0.15) is 0 Å². The summed E-state index contributed by atoms with van der Waals surface area (Å²) in [5.41, 5.74) is 4.73. The molecule has 0 radical (unpaired) electrons. The van der Waals surface area contributed by atoms with Gasteiger partial charge in [0.2, 0.25) is 0 Å². The highest BCUT2D eigenvalue weighted by molar-refractivity contribution is 7.86. The molecule has 0 heterocycles. The predicted octanol–water partition coefficient (Wildman–Crippen LogP) is -2.42. The molecule has 0 saturated carbocycles. The molecule has 0 aliphatic rings. The van der Waals surface area contributed by atoms with Gasteiger partial charge in [-0.15, -0.1) is 0 Å². The van der Waals surface area contributed by atoms with Crippen LogP contribution in [-0.4, -0.2) is 18.5 Å². The molecule has 7 heteroatoms. The zero-order valence-corrected chi connectivity index (χ0v) is 4.72. The molecule has 0 fully saturated rings. The number of nitrogens with two attached hydrogens (primary N) is 2. The summed E-state index contributed by atoms with van der Waals surface area (Å²) < 4.78 is 27.7. The van der Waals surface area contributed by atoms with Crippen molar-refractivity contribution in [3.8, 4) is 0 Å². The molecule has 1 atom stereocenters. The van der Waals surface area contributed by atoms with Gasteiger partial charge in [0.25, 0.3) is 10.1 Å². The predicted molar refractivity (Wildman–Crippen MR) is 26.8 cm³/mol. The van der Waals surface area contributed by atoms with E-state index in [0.717, 1.165) is 0 Å². The third kappa shape index (κ3) is 2.19. The Morgan fingerprint density at radius 3 is 2.00 bits per heavy atom. The molecular formula is CH7N3O3S. The summed E-state index contributed by atoms with van der Waals surface area (Å²) in [5, 5.41) is 0. The van der Waals surface area contributed by atoms with Gasteiger partial charge in [-0.25, -0.2) is 5.43 Å². The first kappa shape index (κ1) is 7.79. The normalized spacial score (nSPS) is 15.9. The summed E-state index contributed by atoms with van der Waals surface area (Å²) in [6, 6.07) is 0. The van der Waals surface area contributed by atoms with Gasteiger partial charge in [-0.1, -0.05) is 0 Å². The molecule has 1 unspecified atom stereocenters. The molecule has 0 bridgehead atoms. The highest BCUT2D eigenvalue weighted by atomic mass is 32.2. The quantitative estimate of drug-likeness (QED) is 0.147. The fraction of sp³-hybridized carbons (Fsp3) is 1.00. The Morgan fingerprint density at radius 1 is 1.62 bits per heavy atom. The smallest absolute Gasteiger partial charge is 0.296 e. The second kappa shape index (κ2) is 2.37. The maximum atomic E-state index is 9.85. The van der Waals surface area contributed by atoms with Crippen LogP contribution < -0.4 is 17.0 Å². The Kier molecular flexibility index (Phi) is 2.31. The molecule has 6 nitrogen and oxygen atoms in total. The summed E-state index contributed by atoms with van der Waals surface area (Å²) in [6.07, 6.45) is 0. The molecule has 0 aliphatic heterocycles. The zero-order valence-electron chi connectivity index (χ0n) is 3.90. The lowest BCUT2D eigenvalue weighted by atomic mass is 11.2. The van der Waals surface area contributed by atoms with Crippen molar-refractivity contribution in [3.05, 3.63) is 0 Å². The van der Waals surface area contributed by atoms with Crippen molar-refractivity contribution in [2.75, 3.05) is 0 Å². The number of hydrazine groups is 1. The molecule has 6 N–H and O–H groups in total. The van der Waals surface area contributed by atoms with E-state index in [1.54, 1.807) is 5.43 Å². The van der Waals surface area contributed by atoms with Gasteiger partial charge in [-0.05, 0) is 0 Å². The molecule has 0 amide bonds. The van der Waals surface area contributed by atoms with Crippen LogP contribution in [0.1, 0.15) is 0 Å². The first-order valence-corrected chi connectivity index (χ1v) is 3.17. The molecule has 0 aliphatic carbocycles. The summed E-state index contributed by atoms with van der Waals surface area (Å²) in [7, 11) is -4.21. The molecular weight excluding hydrogens is 134 g/mol. The summed E-state index contributed by atoms with van der Waals surface area (Å²) in [6.45, 7) is 0. The fourth-order valence-electron chi connectivity index (χ4n) is 0.0860. The van der Waals surface area contributed by atoms with Gasteiger partial charge in [-0.3, -0.25) is 10.4 Å². The van der Waals surface area contributed by atoms with Gasteiger partial charge in [0, 0.05) is 0 Å². The van der Waals surface area contributed by atoms with E-state index in [1.165, 1.54) is 0 Å². The minimum absolute atomic E-state index is 1.59. The lowest BCUT2D eigenvalue weighted by molar-refractivity contribution is 0.454. The fourth-order valence-corrected chi connectivity index (χ4v) is 0.258. The first-order valence-electron chi connectivity index (χ1n) is 1.66. The van der Waals surface area contributed by atoms with E-state index in [2.05, 4.69) is 11.6 Å². The van der Waals surface area contributed by atoms with Crippen LogP contribution in [0, 0.1) is 0 Å². The summed E-state index contributed by atoms with van der Waals surface area (Å²) in [5.74, 6) is 4.54. The zero-order chi connectivity index (χ0) is 6.78. The van der Waals surface area contributed by atoms with Gasteiger partial charge < -0.3 is 5.73 Å².